The number of ether oxygens (including phenoxy) is 2. The van der Waals surface area contributed by atoms with Crippen LogP contribution in [0.2, 0.25) is 0 Å². The maximum atomic E-state index is 13.3. The Hall–Kier alpha value is -1.75. The van der Waals surface area contributed by atoms with Gasteiger partial charge in [-0.3, -0.25) is 14.4 Å². The molecular formula is C42H84N2O8+2. The zero-order valence-electron chi connectivity index (χ0n) is 34.9. The predicted octanol–water partition coefficient (Wildman–Crippen LogP) is 8.61. The average molecular weight is 745 g/mol. The van der Waals surface area contributed by atoms with Crippen LogP contribution >= 0.6 is 0 Å². The monoisotopic (exact) mass is 745 g/mol. The summed E-state index contributed by atoms with van der Waals surface area (Å²) < 4.78 is 13.4. The molecule has 0 amide bonds. The van der Waals surface area contributed by atoms with Gasteiger partial charge in [-0.25, -0.2) is 0 Å². The van der Waals surface area contributed by atoms with Gasteiger partial charge in [-0.2, -0.15) is 0 Å². The first kappa shape index (κ1) is 50.2. The first-order chi connectivity index (χ1) is 24.6. The fraction of sp³-hybridized carbons (Fsp3) is 0.929. The summed E-state index contributed by atoms with van der Waals surface area (Å²) in [5, 5.41) is 28.8. The first-order valence-electron chi connectivity index (χ1n) is 21.1. The van der Waals surface area contributed by atoms with Gasteiger partial charge < -0.3 is 33.8 Å². The largest absolute Gasteiger partial charge is 0.481 e. The van der Waals surface area contributed by atoms with E-state index < -0.39 is 42.1 Å². The number of rotatable bonds is 37. The summed E-state index contributed by atoms with van der Waals surface area (Å²) in [4.78, 5) is 37.6. The van der Waals surface area contributed by atoms with E-state index in [2.05, 4.69) is 6.92 Å². The summed E-state index contributed by atoms with van der Waals surface area (Å²) in [6.07, 6.45) is 23.2. The van der Waals surface area contributed by atoms with E-state index in [9.17, 15) is 24.6 Å². The van der Waals surface area contributed by atoms with Crippen molar-refractivity contribution in [2.45, 2.75) is 186 Å². The molecule has 52 heavy (non-hydrogen) atoms. The highest BCUT2D eigenvalue weighted by atomic mass is 16.6. The van der Waals surface area contributed by atoms with E-state index in [1.807, 2.05) is 42.3 Å². The lowest BCUT2D eigenvalue weighted by molar-refractivity contribution is -0.874. The van der Waals surface area contributed by atoms with Crippen LogP contribution in [0.4, 0.5) is 0 Å². The molecule has 4 unspecified atom stereocenters. The molecule has 0 saturated carbocycles. The minimum Gasteiger partial charge on any atom is -0.481 e. The maximum absolute atomic E-state index is 13.3. The second-order valence-electron chi connectivity index (χ2n) is 17.5. The molecule has 10 nitrogen and oxygen atoms in total. The Kier molecular flexibility index (Phi) is 29.5. The highest BCUT2D eigenvalue weighted by molar-refractivity contribution is 5.72. The number of aliphatic hydroxyl groups is 1. The van der Waals surface area contributed by atoms with Gasteiger partial charge in [-0.1, -0.05) is 135 Å². The molecule has 308 valence electrons. The van der Waals surface area contributed by atoms with Crippen LogP contribution in [-0.4, -0.2) is 122 Å². The fourth-order valence-electron chi connectivity index (χ4n) is 7.03. The van der Waals surface area contributed by atoms with Crippen molar-refractivity contribution in [2.24, 2.45) is 5.92 Å². The van der Waals surface area contributed by atoms with Gasteiger partial charge in [-0.15, -0.1) is 0 Å². The van der Waals surface area contributed by atoms with Crippen molar-refractivity contribution in [3.05, 3.63) is 0 Å². The lowest BCUT2D eigenvalue weighted by atomic mass is 9.93. The van der Waals surface area contributed by atoms with Gasteiger partial charge in [0.1, 0.15) is 19.2 Å². The van der Waals surface area contributed by atoms with Crippen molar-refractivity contribution in [1.82, 2.24) is 0 Å². The number of carboxylic acid groups (broad SMARTS) is 2. The summed E-state index contributed by atoms with van der Waals surface area (Å²) in [6, 6.07) is 0. The van der Waals surface area contributed by atoms with Crippen LogP contribution in [0.5, 0.6) is 0 Å². The van der Waals surface area contributed by atoms with E-state index in [1.54, 1.807) is 0 Å². The van der Waals surface area contributed by atoms with Crippen LogP contribution in [-0.2, 0) is 23.9 Å². The predicted molar refractivity (Wildman–Crippen MR) is 211 cm³/mol. The average Bonchev–Trinajstić information content (AvgIpc) is 3.01. The number of carbonyl (C=O) groups is 3. The number of aliphatic carboxylic acids is 2. The number of nitrogens with zero attached hydrogens (tertiary/aromatic N) is 2. The number of hydrogen-bond acceptors (Lipinski definition) is 6. The van der Waals surface area contributed by atoms with Gasteiger partial charge in [0, 0.05) is 6.61 Å². The Labute approximate surface area is 319 Å². The van der Waals surface area contributed by atoms with Crippen LogP contribution in [0.3, 0.4) is 0 Å². The van der Waals surface area contributed by atoms with Crippen LogP contribution in [0.25, 0.3) is 0 Å². The van der Waals surface area contributed by atoms with Crippen LogP contribution < -0.4 is 0 Å². The molecule has 4 atom stereocenters. The minimum absolute atomic E-state index is 0.0209. The molecule has 0 aromatic heterocycles. The zero-order chi connectivity index (χ0) is 39.3. The molecule has 3 N–H and O–H groups in total. The summed E-state index contributed by atoms with van der Waals surface area (Å²) >= 11 is 0. The van der Waals surface area contributed by atoms with Crippen molar-refractivity contribution >= 4 is 17.9 Å². The number of carboxylic acids is 2. The Morgan fingerprint density at radius 3 is 1.37 bits per heavy atom. The van der Waals surface area contributed by atoms with Crippen molar-refractivity contribution < 1.29 is 48.1 Å². The van der Waals surface area contributed by atoms with Gasteiger partial charge in [0.15, 0.2) is 6.10 Å². The van der Waals surface area contributed by atoms with E-state index in [0.29, 0.717) is 41.5 Å². The Morgan fingerprint density at radius 1 is 0.538 bits per heavy atom. The second kappa shape index (κ2) is 30.6. The van der Waals surface area contributed by atoms with Crippen LogP contribution in [0.1, 0.15) is 167 Å². The molecule has 0 fully saturated rings. The normalized spacial score (nSPS) is 14.5. The third kappa shape index (κ3) is 31.7. The summed E-state index contributed by atoms with van der Waals surface area (Å²) in [6.45, 7) is 3.40. The molecule has 0 spiro atoms. The third-order valence-electron chi connectivity index (χ3n) is 9.76. The molecule has 0 rings (SSSR count). The topological polar surface area (TPSA) is 130 Å². The maximum Gasteiger partial charge on any atom is 0.309 e. The third-order valence-corrected chi connectivity index (χ3v) is 9.76. The number of quaternary nitrogens is 2. The number of likely N-dealkylation sites (N-methyl/N-ethyl adjacent to an activating group) is 2. The molecule has 0 aromatic rings. The molecule has 10 heteroatoms. The first-order valence-corrected chi connectivity index (χ1v) is 21.1. The number of esters is 1. The molecule has 0 bridgehead atoms. The highest BCUT2D eigenvalue weighted by Crippen LogP contribution is 2.25. The van der Waals surface area contributed by atoms with E-state index in [4.69, 9.17) is 14.6 Å². The van der Waals surface area contributed by atoms with Gasteiger partial charge in [0.25, 0.3) is 0 Å². The fourth-order valence-corrected chi connectivity index (χ4v) is 7.03. The SMILES string of the molecule is CCCCCCCCCCCC(CC(=O)OC(CC(=O)O)C[N+](C)(C)C)OC(C[N+](C)(C)C)C(CCCCCCCCCCCCCCO)C(=O)O. The van der Waals surface area contributed by atoms with Crippen LogP contribution in [0, 0.1) is 5.92 Å². The van der Waals surface area contributed by atoms with Crippen molar-refractivity contribution in [2.75, 3.05) is 62.0 Å². The van der Waals surface area contributed by atoms with Gasteiger partial charge in [-0.05, 0) is 19.3 Å². The lowest BCUT2D eigenvalue weighted by Crippen LogP contribution is -2.48. The van der Waals surface area contributed by atoms with Gasteiger partial charge in [0.05, 0.1) is 67.1 Å². The molecular weight excluding hydrogens is 660 g/mol. The Bertz CT molecular complexity index is 901. The Balaban J connectivity index is 5.42. The van der Waals surface area contributed by atoms with Crippen molar-refractivity contribution in [1.29, 1.82) is 0 Å². The Morgan fingerprint density at radius 2 is 0.962 bits per heavy atom. The van der Waals surface area contributed by atoms with E-state index in [-0.39, 0.29) is 12.8 Å². The number of aliphatic hydroxyl groups excluding tert-OH is 1. The minimum atomic E-state index is -1.01. The smallest absolute Gasteiger partial charge is 0.309 e. The standard InChI is InChI=1S/C42H82N2O8/c1-8-9-10-11-12-17-20-23-26-29-36(33-41(48)52-37(32-40(46)47)34-43(2,3)4)51-39(35-44(5,6)7)38(42(49)50)30-27-24-21-18-15-13-14-16-19-22-25-28-31-45/h36-39,45H,8-35H2,1-7H3/p+2. The molecule has 0 saturated heterocycles. The summed E-state index contributed by atoms with van der Waals surface area (Å²) in [7, 11) is 11.9. The molecule has 0 heterocycles. The van der Waals surface area contributed by atoms with E-state index in [0.717, 1.165) is 51.4 Å². The molecule has 0 radical (unpaired) electrons. The molecule has 0 aromatic carbocycles. The molecule has 0 aliphatic carbocycles. The zero-order valence-corrected chi connectivity index (χ0v) is 34.9. The molecule has 0 aliphatic rings. The summed E-state index contributed by atoms with van der Waals surface area (Å²) in [5.41, 5.74) is 0. The molecule has 0 aliphatic heterocycles. The second-order valence-corrected chi connectivity index (χ2v) is 17.5. The van der Waals surface area contributed by atoms with Crippen molar-refractivity contribution in [3.63, 3.8) is 0 Å². The van der Waals surface area contributed by atoms with Crippen molar-refractivity contribution in [3.8, 4) is 0 Å². The van der Waals surface area contributed by atoms with Crippen LogP contribution in [0.15, 0.2) is 0 Å². The van der Waals surface area contributed by atoms with Gasteiger partial charge >= 0.3 is 17.9 Å². The lowest BCUT2D eigenvalue weighted by Gasteiger charge is -2.34. The summed E-state index contributed by atoms with van der Waals surface area (Å²) in [5.74, 6) is -3.03. The quantitative estimate of drug-likeness (QED) is 0.0328. The number of unbranched alkanes of at least 4 members (excludes halogenated alkanes) is 19. The van der Waals surface area contributed by atoms with E-state index in [1.165, 1.54) is 83.5 Å². The van der Waals surface area contributed by atoms with Gasteiger partial charge in [0.2, 0.25) is 0 Å². The number of hydrogen-bond donors (Lipinski definition) is 3. The highest BCUT2D eigenvalue weighted by Gasteiger charge is 2.36. The van der Waals surface area contributed by atoms with E-state index >= 15 is 0 Å². The number of carbonyl (C=O) groups excluding carboxylic acids is 1.